The van der Waals surface area contributed by atoms with Crippen LogP contribution >= 0.6 is 11.6 Å². The zero-order valence-corrected chi connectivity index (χ0v) is 14.0. The lowest BCUT2D eigenvalue weighted by molar-refractivity contribution is 0.0485. The van der Waals surface area contributed by atoms with E-state index in [0.29, 0.717) is 0 Å². The molecule has 0 radical (unpaired) electrons. The van der Waals surface area contributed by atoms with Crippen LogP contribution in [-0.2, 0) is 12.1 Å². The van der Waals surface area contributed by atoms with E-state index < -0.39 is 37.3 Å². The number of nitriles is 1. The summed E-state index contributed by atoms with van der Waals surface area (Å²) in [6.45, 7) is -3.12. The van der Waals surface area contributed by atoms with Crippen LogP contribution in [0.3, 0.4) is 0 Å². The van der Waals surface area contributed by atoms with Crippen molar-refractivity contribution in [2.75, 3.05) is 19.9 Å². The van der Waals surface area contributed by atoms with Crippen LogP contribution in [0.2, 0.25) is 5.02 Å². The number of benzene rings is 1. The number of fused-ring (bicyclic) bond motifs is 1. The van der Waals surface area contributed by atoms with Gasteiger partial charge in [0.2, 0.25) is 0 Å². The van der Waals surface area contributed by atoms with Gasteiger partial charge in [0.1, 0.15) is 42.0 Å². The maximum absolute atomic E-state index is 13.7. The first-order valence-corrected chi connectivity index (χ1v) is 7.82. The average Bonchev–Trinajstić information content (AvgIpc) is 3.02. The topological polar surface area (TPSA) is 82.2 Å². The molecular formula is C16H12ClF3N4O2. The maximum atomic E-state index is 13.7. The molecule has 136 valence electrons. The standard InChI is InChI=1S/C16H12ClF3N4O2/c17-11-3-9(1-2-12(11)20)14-10(4-21)13-5-23(15(25)26)8-16(6-18,7-19)24(13)22-14/h1-3H,5-8H2,(H,25,26). The molecule has 1 aromatic carbocycles. The van der Waals surface area contributed by atoms with Gasteiger partial charge in [-0.2, -0.15) is 10.4 Å². The molecule has 2 aromatic rings. The molecule has 0 bridgehead atoms. The van der Waals surface area contributed by atoms with Crippen molar-refractivity contribution in [1.82, 2.24) is 14.7 Å². The largest absolute Gasteiger partial charge is 0.465 e. The van der Waals surface area contributed by atoms with Gasteiger partial charge in [0, 0.05) is 5.56 Å². The SMILES string of the molecule is N#Cc1c(-c2ccc(F)c(Cl)c2)nn2c1CN(C(=O)O)CC2(CF)CF. The van der Waals surface area contributed by atoms with Crippen molar-refractivity contribution in [3.63, 3.8) is 0 Å². The molecule has 2 heterocycles. The van der Waals surface area contributed by atoms with Gasteiger partial charge < -0.3 is 5.11 Å². The molecule has 1 amide bonds. The zero-order valence-electron chi connectivity index (χ0n) is 13.2. The third kappa shape index (κ3) is 2.66. The number of rotatable bonds is 3. The molecule has 0 saturated heterocycles. The highest BCUT2D eigenvalue weighted by Crippen LogP contribution is 2.35. The summed E-state index contributed by atoms with van der Waals surface area (Å²) in [6.07, 6.45) is -1.36. The van der Waals surface area contributed by atoms with Crippen LogP contribution < -0.4 is 0 Å². The highest BCUT2D eigenvalue weighted by Gasteiger charge is 2.44. The van der Waals surface area contributed by atoms with E-state index in [9.17, 15) is 28.3 Å². The number of hydrogen-bond acceptors (Lipinski definition) is 3. The summed E-state index contributed by atoms with van der Waals surface area (Å²) in [5.41, 5.74) is -1.48. The van der Waals surface area contributed by atoms with E-state index in [-0.39, 0.29) is 34.1 Å². The molecule has 1 N–H and O–H groups in total. The number of aromatic nitrogens is 2. The van der Waals surface area contributed by atoms with Crippen LogP contribution in [0.4, 0.5) is 18.0 Å². The minimum Gasteiger partial charge on any atom is -0.465 e. The fourth-order valence-electron chi connectivity index (χ4n) is 2.98. The normalized spacial score (nSPS) is 15.4. The number of carbonyl (C=O) groups is 1. The van der Waals surface area contributed by atoms with E-state index >= 15 is 0 Å². The first-order chi connectivity index (χ1) is 12.4. The van der Waals surface area contributed by atoms with Gasteiger partial charge in [0.25, 0.3) is 0 Å². The minimum absolute atomic E-state index is 0.0371. The maximum Gasteiger partial charge on any atom is 0.407 e. The molecule has 0 saturated carbocycles. The summed E-state index contributed by atoms with van der Waals surface area (Å²) in [4.78, 5) is 12.2. The summed E-state index contributed by atoms with van der Waals surface area (Å²) in [7, 11) is 0. The molecule has 0 fully saturated rings. The lowest BCUT2D eigenvalue weighted by Crippen LogP contribution is -2.55. The predicted molar refractivity (Wildman–Crippen MR) is 85.7 cm³/mol. The molecule has 1 aliphatic rings. The van der Waals surface area contributed by atoms with Crippen molar-refractivity contribution in [1.29, 1.82) is 5.26 Å². The van der Waals surface area contributed by atoms with Gasteiger partial charge in [-0.25, -0.2) is 18.0 Å². The second-order valence-corrected chi connectivity index (χ2v) is 6.36. The number of carboxylic acid groups (broad SMARTS) is 1. The molecule has 6 nitrogen and oxygen atoms in total. The van der Waals surface area contributed by atoms with Crippen molar-refractivity contribution < 1.29 is 23.1 Å². The predicted octanol–water partition coefficient (Wildman–Crippen LogP) is 3.34. The number of amides is 1. The third-order valence-corrected chi connectivity index (χ3v) is 4.62. The molecule has 0 atom stereocenters. The van der Waals surface area contributed by atoms with Crippen LogP contribution in [0.1, 0.15) is 11.3 Å². The van der Waals surface area contributed by atoms with Crippen molar-refractivity contribution in [3.05, 3.63) is 40.3 Å². The van der Waals surface area contributed by atoms with Crippen LogP contribution in [0.25, 0.3) is 11.3 Å². The fraction of sp³-hybridized carbons (Fsp3) is 0.312. The van der Waals surface area contributed by atoms with Crippen LogP contribution in [0.5, 0.6) is 0 Å². The van der Waals surface area contributed by atoms with Gasteiger partial charge >= 0.3 is 6.09 Å². The molecule has 1 aromatic heterocycles. The molecular weight excluding hydrogens is 373 g/mol. The molecule has 26 heavy (non-hydrogen) atoms. The number of nitrogens with zero attached hydrogens (tertiary/aromatic N) is 4. The van der Waals surface area contributed by atoms with E-state index in [4.69, 9.17) is 11.6 Å². The van der Waals surface area contributed by atoms with Gasteiger partial charge in [-0.3, -0.25) is 9.58 Å². The Hall–Kier alpha value is -2.73. The Morgan fingerprint density at radius 3 is 2.65 bits per heavy atom. The summed E-state index contributed by atoms with van der Waals surface area (Å²) < 4.78 is 41.9. The Balaban J connectivity index is 2.24. The van der Waals surface area contributed by atoms with Crippen LogP contribution in [-0.4, -0.2) is 45.8 Å². The van der Waals surface area contributed by atoms with E-state index in [1.54, 1.807) is 0 Å². The number of halogens is 4. The Bertz CT molecular complexity index is 921. The van der Waals surface area contributed by atoms with E-state index in [0.717, 1.165) is 15.6 Å². The lowest BCUT2D eigenvalue weighted by atomic mass is 9.98. The summed E-state index contributed by atoms with van der Waals surface area (Å²) in [5, 5.41) is 22.7. The Morgan fingerprint density at radius 2 is 2.12 bits per heavy atom. The Labute approximate surface area is 151 Å². The van der Waals surface area contributed by atoms with Crippen molar-refractivity contribution in [2.24, 2.45) is 0 Å². The van der Waals surface area contributed by atoms with Gasteiger partial charge in [-0.15, -0.1) is 0 Å². The van der Waals surface area contributed by atoms with Gasteiger partial charge in [0.15, 0.2) is 0 Å². The smallest absolute Gasteiger partial charge is 0.407 e. The second kappa shape index (κ2) is 6.53. The summed E-state index contributed by atoms with van der Waals surface area (Å²) in [6, 6.07) is 5.55. The summed E-state index contributed by atoms with van der Waals surface area (Å²) >= 11 is 5.76. The molecule has 0 unspecified atom stereocenters. The van der Waals surface area contributed by atoms with Gasteiger partial charge in [-0.05, 0) is 18.2 Å². The van der Waals surface area contributed by atoms with Gasteiger partial charge in [-0.1, -0.05) is 11.6 Å². The second-order valence-electron chi connectivity index (χ2n) is 5.95. The Morgan fingerprint density at radius 1 is 1.42 bits per heavy atom. The third-order valence-electron chi connectivity index (χ3n) is 4.33. The van der Waals surface area contributed by atoms with E-state index in [2.05, 4.69) is 5.10 Å². The molecule has 10 heteroatoms. The van der Waals surface area contributed by atoms with Crippen molar-refractivity contribution in [2.45, 2.75) is 12.1 Å². The summed E-state index contributed by atoms with van der Waals surface area (Å²) in [5.74, 6) is -0.670. The minimum atomic E-state index is -1.86. The molecule has 1 aliphatic heterocycles. The van der Waals surface area contributed by atoms with Crippen LogP contribution in [0.15, 0.2) is 18.2 Å². The van der Waals surface area contributed by atoms with Gasteiger partial charge in [0.05, 0.1) is 23.8 Å². The highest BCUT2D eigenvalue weighted by atomic mass is 35.5. The Kier molecular flexibility index (Phi) is 4.54. The first kappa shape index (κ1) is 18.1. The quantitative estimate of drug-likeness (QED) is 0.879. The van der Waals surface area contributed by atoms with Crippen molar-refractivity contribution >= 4 is 17.7 Å². The van der Waals surface area contributed by atoms with Crippen LogP contribution in [0, 0.1) is 17.1 Å². The fourth-order valence-corrected chi connectivity index (χ4v) is 3.16. The van der Waals surface area contributed by atoms with E-state index in [1.807, 2.05) is 6.07 Å². The van der Waals surface area contributed by atoms with E-state index in [1.165, 1.54) is 12.1 Å². The highest BCUT2D eigenvalue weighted by molar-refractivity contribution is 6.31. The average molecular weight is 385 g/mol. The zero-order chi connectivity index (χ0) is 19.1. The monoisotopic (exact) mass is 384 g/mol. The van der Waals surface area contributed by atoms with Crippen molar-refractivity contribution in [3.8, 4) is 17.3 Å². The number of alkyl halides is 2. The molecule has 0 spiro atoms. The first-order valence-electron chi connectivity index (χ1n) is 7.44. The number of hydrogen-bond donors (Lipinski definition) is 1. The molecule has 3 rings (SSSR count). The molecule has 0 aliphatic carbocycles. The lowest BCUT2D eigenvalue weighted by Gasteiger charge is -2.39.